The molecule has 2 aliphatic heterocycles. The molecule has 1 atom stereocenters. The maximum atomic E-state index is 12.9. The molecular weight excluding hydrogens is 438 g/mol. The van der Waals surface area contributed by atoms with Crippen molar-refractivity contribution in [2.24, 2.45) is 11.3 Å². The summed E-state index contributed by atoms with van der Waals surface area (Å²) in [4.78, 5) is 36.3. The minimum Gasteiger partial charge on any atom is -0.478 e. The molecule has 0 bridgehead atoms. The van der Waals surface area contributed by atoms with Crippen LogP contribution < -0.4 is 5.32 Å². The summed E-state index contributed by atoms with van der Waals surface area (Å²) in [5.74, 6) is -1.64. The molecule has 0 aliphatic carbocycles. The van der Waals surface area contributed by atoms with E-state index in [-0.39, 0.29) is 29.4 Å². The first-order valence-corrected chi connectivity index (χ1v) is 11.8. The van der Waals surface area contributed by atoms with Crippen molar-refractivity contribution in [2.75, 3.05) is 26.4 Å². The van der Waals surface area contributed by atoms with Crippen LogP contribution in [0.2, 0.25) is 0 Å². The van der Waals surface area contributed by atoms with Crippen molar-refractivity contribution < 1.29 is 29.0 Å². The molecule has 2 aliphatic rings. The zero-order valence-electron chi connectivity index (χ0n) is 19.6. The fraction of sp³-hybridized carbons (Fsp3) is 0.520. The number of carboxylic acid groups (broad SMARTS) is 1. The molecule has 1 saturated heterocycles. The number of benzene rings is 1. The predicted octanol–water partition coefficient (Wildman–Crippen LogP) is 2.72. The Morgan fingerprint density at radius 3 is 2.56 bits per heavy atom. The summed E-state index contributed by atoms with van der Waals surface area (Å²) in [7, 11) is 0. The van der Waals surface area contributed by atoms with E-state index in [2.05, 4.69) is 5.32 Å². The van der Waals surface area contributed by atoms with Gasteiger partial charge in [-0.2, -0.15) is 5.10 Å². The summed E-state index contributed by atoms with van der Waals surface area (Å²) in [6.45, 7) is 6.78. The summed E-state index contributed by atoms with van der Waals surface area (Å²) < 4.78 is 12.8. The van der Waals surface area contributed by atoms with Gasteiger partial charge < -0.3 is 19.9 Å². The Morgan fingerprint density at radius 2 is 1.91 bits per heavy atom. The Balaban J connectivity index is 1.46. The van der Waals surface area contributed by atoms with Crippen molar-refractivity contribution in [3.63, 3.8) is 0 Å². The third-order valence-electron chi connectivity index (χ3n) is 6.79. The Labute approximate surface area is 198 Å². The van der Waals surface area contributed by atoms with Crippen LogP contribution >= 0.6 is 0 Å². The normalized spacial score (nSPS) is 18.0. The van der Waals surface area contributed by atoms with Gasteiger partial charge in [0.2, 0.25) is 0 Å². The first-order chi connectivity index (χ1) is 16.3. The van der Waals surface area contributed by atoms with Crippen LogP contribution in [0.25, 0.3) is 0 Å². The second-order valence-electron chi connectivity index (χ2n) is 9.35. The first-order valence-electron chi connectivity index (χ1n) is 11.8. The molecular formula is C25H31N3O6. The minimum atomic E-state index is -1.05. The lowest BCUT2D eigenvalue weighted by Gasteiger charge is -2.36. The zero-order valence-corrected chi connectivity index (χ0v) is 19.6. The molecule has 1 spiro atoms. The smallest absolute Gasteiger partial charge is 0.338 e. The molecule has 182 valence electrons. The molecule has 3 heterocycles. The number of aromatic carboxylic acids is 1. The fourth-order valence-electron chi connectivity index (χ4n) is 4.77. The van der Waals surface area contributed by atoms with Crippen LogP contribution in [-0.2, 0) is 28.9 Å². The Hall–Kier alpha value is -3.20. The van der Waals surface area contributed by atoms with Crippen LogP contribution in [0.1, 0.15) is 69.2 Å². The zero-order chi connectivity index (χ0) is 24.3. The highest BCUT2D eigenvalue weighted by Crippen LogP contribution is 2.38. The fourth-order valence-corrected chi connectivity index (χ4v) is 4.77. The number of hydrogen-bond donors (Lipinski definition) is 2. The summed E-state index contributed by atoms with van der Waals surface area (Å²) in [5, 5.41) is 16.9. The highest BCUT2D eigenvalue weighted by Gasteiger charge is 2.39. The largest absolute Gasteiger partial charge is 0.478 e. The van der Waals surface area contributed by atoms with Crippen molar-refractivity contribution in [2.45, 2.75) is 46.1 Å². The van der Waals surface area contributed by atoms with Crippen molar-refractivity contribution in [1.29, 1.82) is 0 Å². The number of carboxylic acids is 1. The summed E-state index contributed by atoms with van der Waals surface area (Å²) >= 11 is 0. The van der Waals surface area contributed by atoms with Gasteiger partial charge in [0, 0.05) is 31.9 Å². The topological polar surface area (TPSA) is 120 Å². The van der Waals surface area contributed by atoms with Crippen molar-refractivity contribution in [3.8, 4) is 0 Å². The molecule has 1 amide bonds. The number of aromatic nitrogens is 2. The summed E-state index contributed by atoms with van der Waals surface area (Å²) in [6.07, 6.45) is 3.16. The number of hydrogen-bond acceptors (Lipinski definition) is 6. The second-order valence-corrected chi connectivity index (χ2v) is 9.35. The lowest BCUT2D eigenvalue weighted by atomic mass is 9.75. The molecule has 9 nitrogen and oxygen atoms in total. The lowest BCUT2D eigenvalue weighted by molar-refractivity contribution is 0.0160. The van der Waals surface area contributed by atoms with Crippen LogP contribution in [-0.4, -0.2) is 59.1 Å². The van der Waals surface area contributed by atoms with Gasteiger partial charge in [-0.3, -0.25) is 9.48 Å². The van der Waals surface area contributed by atoms with Gasteiger partial charge >= 0.3 is 11.9 Å². The van der Waals surface area contributed by atoms with E-state index in [1.807, 2.05) is 13.8 Å². The Bertz CT molecular complexity index is 1070. The summed E-state index contributed by atoms with van der Waals surface area (Å²) in [5.41, 5.74) is 2.93. The van der Waals surface area contributed by atoms with Gasteiger partial charge in [-0.05, 0) is 68.2 Å². The third kappa shape index (κ3) is 4.99. The standard InChI is InChI=1S/C25H31N3O6/c1-3-28-21-19(13-25(15-26-22(21)29)8-10-33-11-9-25)20(27-28)12-16(2)14-34-24(32)18-6-4-17(5-7-18)23(30)31/h4-7,16H,3,8-15H2,1-2H3,(H,26,29)(H,30,31)/t16-/m1/s1. The van der Waals surface area contributed by atoms with Crippen LogP contribution in [0.5, 0.6) is 0 Å². The molecule has 1 aromatic carbocycles. The molecule has 1 aromatic heterocycles. The number of carbonyl (C=O) groups excluding carboxylic acids is 2. The van der Waals surface area contributed by atoms with Gasteiger partial charge in [0.25, 0.3) is 5.91 Å². The monoisotopic (exact) mass is 469 g/mol. The first kappa shape index (κ1) is 23.9. The van der Waals surface area contributed by atoms with Crippen molar-refractivity contribution in [3.05, 3.63) is 52.3 Å². The van der Waals surface area contributed by atoms with Crippen LogP contribution in [0.3, 0.4) is 0 Å². The van der Waals surface area contributed by atoms with Gasteiger partial charge in [-0.1, -0.05) is 6.92 Å². The SMILES string of the molecule is CCn1nc(C[C@@H](C)COC(=O)c2ccc(C(=O)O)cc2)c2c1C(=O)NCC1(CCOCC1)C2. The van der Waals surface area contributed by atoms with Crippen LogP contribution in [0.4, 0.5) is 0 Å². The highest BCUT2D eigenvalue weighted by molar-refractivity contribution is 5.95. The van der Waals surface area contributed by atoms with Gasteiger partial charge in [-0.15, -0.1) is 0 Å². The van der Waals surface area contributed by atoms with Crippen molar-refractivity contribution in [1.82, 2.24) is 15.1 Å². The Kier molecular flexibility index (Phi) is 7.02. The van der Waals surface area contributed by atoms with Crippen LogP contribution in [0, 0.1) is 11.3 Å². The van der Waals surface area contributed by atoms with Gasteiger partial charge in [0.05, 0.1) is 23.4 Å². The van der Waals surface area contributed by atoms with Crippen LogP contribution in [0.15, 0.2) is 24.3 Å². The van der Waals surface area contributed by atoms with Gasteiger partial charge in [0.1, 0.15) is 5.69 Å². The molecule has 2 aromatic rings. The third-order valence-corrected chi connectivity index (χ3v) is 6.79. The number of nitrogens with one attached hydrogen (secondary N) is 1. The molecule has 0 unspecified atom stereocenters. The van der Waals surface area contributed by atoms with E-state index < -0.39 is 11.9 Å². The van der Waals surface area contributed by atoms with Gasteiger partial charge in [0.15, 0.2) is 0 Å². The molecule has 4 rings (SSSR count). The van der Waals surface area contributed by atoms with Gasteiger partial charge in [-0.25, -0.2) is 9.59 Å². The quantitative estimate of drug-likeness (QED) is 0.598. The highest BCUT2D eigenvalue weighted by atomic mass is 16.5. The van der Waals surface area contributed by atoms with E-state index in [0.717, 1.165) is 30.5 Å². The van der Waals surface area contributed by atoms with E-state index in [0.29, 0.717) is 44.0 Å². The average molecular weight is 470 g/mol. The molecule has 2 N–H and O–H groups in total. The Morgan fingerprint density at radius 1 is 1.24 bits per heavy atom. The van der Waals surface area contributed by atoms with E-state index in [9.17, 15) is 14.4 Å². The van der Waals surface area contributed by atoms with E-state index in [1.165, 1.54) is 24.3 Å². The number of amides is 1. The second kappa shape index (κ2) is 9.97. The van der Waals surface area contributed by atoms with Crippen molar-refractivity contribution >= 4 is 17.8 Å². The maximum absolute atomic E-state index is 12.9. The molecule has 9 heteroatoms. The molecule has 0 saturated carbocycles. The minimum absolute atomic E-state index is 0.0106. The number of nitrogens with zero attached hydrogens (tertiary/aromatic N) is 2. The lowest BCUT2D eigenvalue weighted by Crippen LogP contribution is -2.40. The van der Waals surface area contributed by atoms with E-state index >= 15 is 0 Å². The predicted molar refractivity (Wildman–Crippen MR) is 123 cm³/mol. The number of ether oxygens (including phenoxy) is 2. The number of rotatable bonds is 7. The molecule has 0 radical (unpaired) electrons. The average Bonchev–Trinajstić information content (AvgIpc) is 3.11. The number of fused-ring (bicyclic) bond motifs is 1. The summed E-state index contributed by atoms with van der Waals surface area (Å²) in [6, 6.07) is 5.66. The maximum Gasteiger partial charge on any atom is 0.338 e. The molecule has 34 heavy (non-hydrogen) atoms. The van der Waals surface area contributed by atoms with E-state index in [1.54, 1.807) is 4.68 Å². The molecule has 1 fully saturated rings. The van der Waals surface area contributed by atoms with E-state index in [4.69, 9.17) is 19.7 Å². The number of esters is 1. The number of carbonyl (C=O) groups is 3. The number of aryl methyl sites for hydroxylation is 1.